The molecule has 18 heavy (non-hydrogen) atoms. The number of anilines is 1. The smallest absolute Gasteiger partial charge is 0.171 e. The summed E-state index contributed by atoms with van der Waals surface area (Å²) in [6.07, 6.45) is 5.19. The van der Waals surface area contributed by atoms with E-state index in [1.165, 1.54) is 25.7 Å². The zero-order chi connectivity index (χ0) is 13.0. The third-order valence-corrected chi connectivity index (χ3v) is 4.28. The Kier molecular flexibility index (Phi) is 5.01. The number of rotatable bonds is 2. The second-order valence-corrected chi connectivity index (χ2v) is 6.30. The molecule has 4 heteroatoms. The molecule has 0 amide bonds. The molecule has 1 saturated carbocycles. The van der Waals surface area contributed by atoms with Gasteiger partial charge in [0.25, 0.3) is 0 Å². The lowest BCUT2D eigenvalue weighted by molar-refractivity contribution is 0.309. The van der Waals surface area contributed by atoms with Gasteiger partial charge in [-0.05, 0) is 55.2 Å². The number of hydrogen-bond acceptors (Lipinski definition) is 1. The first kappa shape index (κ1) is 13.8. The summed E-state index contributed by atoms with van der Waals surface area (Å²) in [6.45, 7) is 2.30. The first-order chi connectivity index (χ1) is 8.65. The van der Waals surface area contributed by atoms with E-state index in [2.05, 4.69) is 33.5 Å². The Bertz CT molecular complexity index is 405. The van der Waals surface area contributed by atoms with Crippen LogP contribution in [0.3, 0.4) is 0 Å². The van der Waals surface area contributed by atoms with Gasteiger partial charge in [0.2, 0.25) is 0 Å². The molecule has 2 atom stereocenters. The summed E-state index contributed by atoms with van der Waals surface area (Å²) < 4.78 is 1.08. The zero-order valence-electron chi connectivity index (χ0n) is 10.6. The first-order valence-electron chi connectivity index (χ1n) is 6.48. The maximum Gasteiger partial charge on any atom is 0.171 e. The SMILES string of the molecule is C[C@@H]1CCCC[C@H]1NC(=S)Nc1ccc(Br)cc1. The van der Waals surface area contributed by atoms with Gasteiger partial charge in [0, 0.05) is 16.2 Å². The van der Waals surface area contributed by atoms with Crippen LogP contribution in [-0.4, -0.2) is 11.2 Å². The Morgan fingerprint density at radius 3 is 2.56 bits per heavy atom. The van der Waals surface area contributed by atoms with Gasteiger partial charge in [-0.1, -0.05) is 35.7 Å². The third kappa shape index (κ3) is 3.95. The summed E-state index contributed by atoms with van der Waals surface area (Å²) in [5.41, 5.74) is 1.03. The predicted octanol–water partition coefficient (Wildman–Crippen LogP) is 4.31. The van der Waals surface area contributed by atoms with Crippen molar-refractivity contribution in [2.24, 2.45) is 5.92 Å². The molecule has 98 valence electrons. The van der Waals surface area contributed by atoms with Gasteiger partial charge in [-0.25, -0.2) is 0 Å². The van der Waals surface area contributed by atoms with E-state index < -0.39 is 0 Å². The minimum Gasteiger partial charge on any atom is -0.359 e. The summed E-state index contributed by atoms with van der Waals surface area (Å²) in [5.74, 6) is 0.711. The van der Waals surface area contributed by atoms with Crippen molar-refractivity contribution in [1.29, 1.82) is 0 Å². The molecule has 0 aliphatic heterocycles. The van der Waals surface area contributed by atoms with Crippen LogP contribution in [0.4, 0.5) is 5.69 Å². The molecule has 1 fully saturated rings. The highest BCUT2D eigenvalue weighted by molar-refractivity contribution is 9.10. The molecule has 0 spiro atoms. The topological polar surface area (TPSA) is 24.1 Å². The molecule has 0 radical (unpaired) electrons. The maximum absolute atomic E-state index is 5.37. The van der Waals surface area contributed by atoms with Crippen LogP contribution in [0.25, 0.3) is 0 Å². The van der Waals surface area contributed by atoms with Crippen molar-refractivity contribution in [2.45, 2.75) is 38.6 Å². The van der Waals surface area contributed by atoms with Crippen LogP contribution in [0.2, 0.25) is 0 Å². The molecule has 1 aliphatic carbocycles. The Morgan fingerprint density at radius 2 is 1.89 bits per heavy atom. The number of thiocarbonyl (C=S) groups is 1. The Labute approximate surface area is 123 Å². The molecule has 0 heterocycles. The van der Waals surface area contributed by atoms with Crippen molar-refractivity contribution in [1.82, 2.24) is 5.32 Å². The summed E-state index contributed by atoms with van der Waals surface area (Å²) in [7, 11) is 0. The minimum absolute atomic E-state index is 0.522. The summed E-state index contributed by atoms with van der Waals surface area (Å²) in [4.78, 5) is 0. The highest BCUT2D eigenvalue weighted by Gasteiger charge is 2.21. The van der Waals surface area contributed by atoms with Crippen molar-refractivity contribution in [3.05, 3.63) is 28.7 Å². The quantitative estimate of drug-likeness (QED) is 0.792. The molecule has 0 unspecified atom stereocenters. The molecule has 2 N–H and O–H groups in total. The number of hydrogen-bond donors (Lipinski definition) is 2. The second-order valence-electron chi connectivity index (χ2n) is 4.97. The lowest BCUT2D eigenvalue weighted by Gasteiger charge is -2.30. The van der Waals surface area contributed by atoms with E-state index in [9.17, 15) is 0 Å². The fourth-order valence-electron chi connectivity index (χ4n) is 2.40. The van der Waals surface area contributed by atoms with E-state index in [1.807, 2.05) is 24.3 Å². The summed E-state index contributed by atoms with van der Waals surface area (Å²) in [5, 5.41) is 7.41. The van der Waals surface area contributed by atoms with Gasteiger partial charge in [0.15, 0.2) is 5.11 Å². The van der Waals surface area contributed by atoms with Crippen molar-refractivity contribution in [3.63, 3.8) is 0 Å². The number of nitrogens with one attached hydrogen (secondary N) is 2. The van der Waals surface area contributed by atoms with Gasteiger partial charge in [-0.2, -0.15) is 0 Å². The normalized spacial score (nSPS) is 23.4. The fraction of sp³-hybridized carbons (Fsp3) is 0.500. The fourth-order valence-corrected chi connectivity index (χ4v) is 2.93. The lowest BCUT2D eigenvalue weighted by atomic mass is 9.86. The lowest BCUT2D eigenvalue weighted by Crippen LogP contribution is -2.43. The molecule has 0 saturated heterocycles. The standard InChI is InChI=1S/C14H19BrN2S/c1-10-4-2-3-5-13(10)17-14(18)16-12-8-6-11(15)7-9-12/h6-10,13H,2-5H2,1H3,(H2,16,17,18)/t10-,13-/m1/s1. The van der Waals surface area contributed by atoms with Crippen molar-refractivity contribution < 1.29 is 0 Å². The molecular formula is C14H19BrN2S. The second kappa shape index (κ2) is 6.53. The maximum atomic E-state index is 5.37. The molecule has 1 aromatic carbocycles. The Hall–Kier alpha value is -0.610. The largest absolute Gasteiger partial charge is 0.359 e. The van der Waals surface area contributed by atoms with E-state index in [-0.39, 0.29) is 0 Å². The van der Waals surface area contributed by atoms with Crippen LogP contribution in [0, 0.1) is 5.92 Å². The first-order valence-corrected chi connectivity index (χ1v) is 7.68. The number of benzene rings is 1. The van der Waals surface area contributed by atoms with Crippen LogP contribution in [0.15, 0.2) is 28.7 Å². The Balaban J connectivity index is 1.86. The zero-order valence-corrected chi connectivity index (χ0v) is 13.0. The van der Waals surface area contributed by atoms with Gasteiger partial charge in [-0.15, -0.1) is 0 Å². The van der Waals surface area contributed by atoms with E-state index in [4.69, 9.17) is 12.2 Å². The van der Waals surface area contributed by atoms with Crippen LogP contribution in [0.1, 0.15) is 32.6 Å². The molecule has 0 aromatic heterocycles. The Morgan fingerprint density at radius 1 is 1.22 bits per heavy atom. The third-order valence-electron chi connectivity index (χ3n) is 3.53. The van der Waals surface area contributed by atoms with E-state index in [0.717, 1.165) is 15.3 Å². The van der Waals surface area contributed by atoms with E-state index >= 15 is 0 Å². The average molecular weight is 327 g/mol. The van der Waals surface area contributed by atoms with Crippen LogP contribution < -0.4 is 10.6 Å². The molecule has 2 nitrogen and oxygen atoms in total. The van der Waals surface area contributed by atoms with Gasteiger partial charge < -0.3 is 10.6 Å². The predicted molar refractivity (Wildman–Crippen MR) is 84.9 cm³/mol. The molecule has 2 rings (SSSR count). The molecule has 1 aromatic rings. The van der Waals surface area contributed by atoms with E-state index in [0.29, 0.717) is 12.0 Å². The molecule has 0 bridgehead atoms. The van der Waals surface area contributed by atoms with E-state index in [1.54, 1.807) is 0 Å². The van der Waals surface area contributed by atoms with Gasteiger partial charge in [0.05, 0.1) is 0 Å². The summed E-state index contributed by atoms with van der Waals surface area (Å²) >= 11 is 8.79. The van der Waals surface area contributed by atoms with Crippen molar-refractivity contribution >= 4 is 38.9 Å². The summed E-state index contributed by atoms with van der Waals surface area (Å²) in [6, 6.07) is 8.57. The highest BCUT2D eigenvalue weighted by atomic mass is 79.9. The van der Waals surface area contributed by atoms with Gasteiger partial charge in [0.1, 0.15) is 0 Å². The monoisotopic (exact) mass is 326 g/mol. The van der Waals surface area contributed by atoms with Gasteiger partial charge >= 0.3 is 0 Å². The minimum atomic E-state index is 0.522. The van der Waals surface area contributed by atoms with Crippen LogP contribution >= 0.6 is 28.1 Å². The van der Waals surface area contributed by atoms with Gasteiger partial charge in [-0.3, -0.25) is 0 Å². The van der Waals surface area contributed by atoms with Crippen LogP contribution in [0.5, 0.6) is 0 Å². The van der Waals surface area contributed by atoms with Crippen LogP contribution in [-0.2, 0) is 0 Å². The van der Waals surface area contributed by atoms with Crippen molar-refractivity contribution in [2.75, 3.05) is 5.32 Å². The average Bonchev–Trinajstić information content (AvgIpc) is 2.35. The number of halogens is 1. The molecular weight excluding hydrogens is 308 g/mol. The van der Waals surface area contributed by atoms with Crippen molar-refractivity contribution in [3.8, 4) is 0 Å². The highest BCUT2D eigenvalue weighted by Crippen LogP contribution is 2.23. The molecule has 1 aliphatic rings.